The maximum Gasteiger partial charge on any atom is 0.338 e. The summed E-state index contributed by atoms with van der Waals surface area (Å²) in [6, 6.07) is 9.73. The first kappa shape index (κ1) is 36.4. The molecular weight excluding hydrogens is 609 g/mol. The molecule has 0 saturated carbocycles. The zero-order chi connectivity index (χ0) is 32.8. The lowest BCUT2D eigenvalue weighted by Crippen LogP contribution is -2.26. The monoisotopic (exact) mass is 657 g/mol. The van der Waals surface area contributed by atoms with Crippen LogP contribution in [0.2, 0.25) is 10.0 Å². The second kappa shape index (κ2) is 18.8. The molecule has 0 aliphatic rings. The standard InChI is InChI=1S/C36H49Cl2N3O4/c1-5-7-8-9-10-11-12-13-14-15-16-17-21-45-36(44)28-19-20-29(37)31(24-28)40(33(42)18-6-2)32-25-34(43)41(39-32)35-27(4)22-26(3)23-30(35)38/h19-20,22-25,39H,5-18,21H2,1-4H3. The molecule has 0 saturated heterocycles. The molecule has 0 spiro atoms. The summed E-state index contributed by atoms with van der Waals surface area (Å²) in [5.41, 5.74) is 2.45. The van der Waals surface area contributed by atoms with Gasteiger partial charge < -0.3 is 4.74 Å². The van der Waals surface area contributed by atoms with E-state index in [4.69, 9.17) is 27.9 Å². The number of benzene rings is 2. The van der Waals surface area contributed by atoms with Crippen LogP contribution in [0.1, 0.15) is 125 Å². The van der Waals surface area contributed by atoms with Crippen molar-refractivity contribution in [2.45, 2.75) is 118 Å². The number of amides is 1. The first-order valence-corrected chi connectivity index (χ1v) is 17.3. The molecule has 0 unspecified atom stereocenters. The van der Waals surface area contributed by atoms with E-state index in [-0.39, 0.29) is 40.0 Å². The largest absolute Gasteiger partial charge is 0.462 e. The van der Waals surface area contributed by atoms with Gasteiger partial charge in [0.05, 0.1) is 33.6 Å². The summed E-state index contributed by atoms with van der Waals surface area (Å²) in [6.45, 7) is 8.26. The van der Waals surface area contributed by atoms with Crippen molar-refractivity contribution in [3.63, 3.8) is 0 Å². The van der Waals surface area contributed by atoms with Crippen molar-refractivity contribution in [2.75, 3.05) is 11.5 Å². The highest BCUT2D eigenvalue weighted by Crippen LogP contribution is 2.34. The van der Waals surface area contributed by atoms with Gasteiger partial charge in [-0.2, -0.15) is 0 Å². The Labute approximate surface area is 278 Å². The molecule has 1 amide bonds. The third-order valence-electron chi connectivity index (χ3n) is 7.94. The number of aromatic nitrogens is 2. The smallest absolute Gasteiger partial charge is 0.338 e. The minimum Gasteiger partial charge on any atom is -0.462 e. The fourth-order valence-electron chi connectivity index (χ4n) is 5.58. The zero-order valence-corrected chi connectivity index (χ0v) is 28.9. The van der Waals surface area contributed by atoms with Gasteiger partial charge in [-0.1, -0.05) is 114 Å². The van der Waals surface area contributed by atoms with Crippen molar-refractivity contribution in [1.82, 2.24) is 9.78 Å². The lowest BCUT2D eigenvalue weighted by Gasteiger charge is -2.23. The lowest BCUT2D eigenvalue weighted by molar-refractivity contribution is -0.117. The summed E-state index contributed by atoms with van der Waals surface area (Å²) in [7, 11) is 0. The molecule has 1 aromatic heterocycles. The molecule has 0 aliphatic heterocycles. The lowest BCUT2D eigenvalue weighted by atomic mass is 10.1. The number of halogens is 2. The van der Waals surface area contributed by atoms with Crippen LogP contribution in [0.25, 0.3) is 5.69 Å². The van der Waals surface area contributed by atoms with Crippen molar-refractivity contribution in [3.8, 4) is 5.69 Å². The van der Waals surface area contributed by atoms with Crippen LogP contribution in [0.4, 0.5) is 11.5 Å². The molecule has 1 N–H and O–H groups in total. The van der Waals surface area contributed by atoms with E-state index in [2.05, 4.69) is 12.0 Å². The van der Waals surface area contributed by atoms with E-state index >= 15 is 0 Å². The molecule has 1 heterocycles. The summed E-state index contributed by atoms with van der Waals surface area (Å²) >= 11 is 13.1. The van der Waals surface area contributed by atoms with Gasteiger partial charge in [0, 0.05) is 12.5 Å². The van der Waals surface area contributed by atoms with Crippen molar-refractivity contribution in [3.05, 3.63) is 73.5 Å². The summed E-state index contributed by atoms with van der Waals surface area (Å²) in [4.78, 5) is 40.9. The fourth-order valence-corrected chi connectivity index (χ4v) is 6.19. The molecule has 0 fully saturated rings. The molecule has 0 bridgehead atoms. The van der Waals surface area contributed by atoms with Gasteiger partial charge in [0.25, 0.3) is 5.56 Å². The summed E-state index contributed by atoms with van der Waals surface area (Å²) in [5, 5.41) is 3.71. The highest BCUT2D eigenvalue weighted by atomic mass is 35.5. The number of aryl methyl sites for hydroxylation is 2. The number of carbonyl (C=O) groups is 2. The van der Waals surface area contributed by atoms with E-state index in [1.165, 1.54) is 73.4 Å². The Morgan fingerprint density at radius 1 is 0.800 bits per heavy atom. The number of unbranched alkanes of at least 4 members (excludes halogenated alkanes) is 11. The van der Waals surface area contributed by atoms with Gasteiger partial charge in [0.2, 0.25) is 5.91 Å². The molecular formula is C36H49Cl2N3O4. The third kappa shape index (κ3) is 10.8. The van der Waals surface area contributed by atoms with Crippen LogP contribution < -0.4 is 10.5 Å². The van der Waals surface area contributed by atoms with Crippen molar-refractivity contribution in [2.24, 2.45) is 0 Å². The normalized spacial score (nSPS) is 11.2. The number of aromatic amines is 1. The molecule has 45 heavy (non-hydrogen) atoms. The quantitative estimate of drug-likeness (QED) is 0.103. The number of carbonyl (C=O) groups excluding carboxylic acids is 2. The van der Waals surface area contributed by atoms with Crippen LogP contribution in [-0.2, 0) is 9.53 Å². The molecule has 2 aromatic carbocycles. The van der Waals surface area contributed by atoms with Gasteiger partial charge in [-0.15, -0.1) is 0 Å². The van der Waals surface area contributed by atoms with Crippen LogP contribution in [-0.4, -0.2) is 28.3 Å². The average molecular weight is 659 g/mol. The third-order valence-corrected chi connectivity index (χ3v) is 8.54. The van der Waals surface area contributed by atoms with Gasteiger partial charge in [0.15, 0.2) is 0 Å². The summed E-state index contributed by atoms with van der Waals surface area (Å²) in [5.74, 6) is -0.535. The second-order valence-corrected chi connectivity index (χ2v) is 12.7. The fraction of sp³-hybridized carbons (Fsp3) is 0.528. The zero-order valence-electron chi connectivity index (χ0n) is 27.4. The number of nitrogens with one attached hydrogen (secondary N) is 1. The molecule has 3 aromatic rings. The van der Waals surface area contributed by atoms with E-state index < -0.39 is 5.97 Å². The highest BCUT2D eigenvalue weighted by molar-refractivity contribution is 6.34. The Kier molecular flexibility index (Phi) is 15.2. The van der Waals surface area contributed by atoms with Crippen molar-refractivity contribution < 1.29 is 14.3 Å². The minimum atomic E-state index is -0.480. The molecule has 246 valence electrons. The number of esters is 1. The number of anilines is 2. The number of hydrogen-bond acceptors (Lipinski definition) is 4. The van der Waals surface area contributed by atoms with E-state index in [0.717, 1.165) is 30.4 Å². The predicted octanol–water partition coefficient (Wildman–Crippen LogP) is 10.4. The van der Waals surface area contributed by atoms with E-state index in [1.807, 2.05) is 26.8 Å². The van der Waals surface area contributed by atoms with Gasteiger partial charge >= 0.3 is 5.97 Å². The first-order chi connectivity index (χ1) is 21.7. The molecule has 0 radical (unpaired) electrons. The van der Waals surface area contributed by atoms with Gasteiger partial charge in [-0.25, -0.2) is 9.48 Å². The Bertz CT molecular complexity index is 1440. The average Bonchev–Trinajstić information content (AvgIpc) is 3.36. The van der Waals surface area contributed by atoms with Crippen LogP contribution in [0, 0.1) is 13.8 Å². The Balaban J connectivity index is 1.64. The van der Waals surface area contributed by atoms with Crippen LogP contribution >= 0.6 is 23.2 Å². The summed E-state index contributed by atoms with van der Waals surface area (Å²) in [6.07, 6.45) is 15.6. The van der Waals surface area contributed by atoms with E-state index in [9.17, 15) is 14.4 Å². The van der Waals surface area contributed by atoms with Crippen LogP contribution in [0.15, 0.2) is 41.2 Å². The van der Waals surface area contributed by atoms with E-state index in [1.54, 1.807) is 24.3 Å². The molecule has 0 atom stereocenters. The summed E-state index contributed by atoms with van der Waals surface area (Å²) < 4.78 is 6.88. The Morgan fingerprint density at radius 3 is 2.02 bits per heavy atom. The number of nitrogens with zero attached hydrogens (tertiary/aromatic N) is 2. The number of rotatable bonds is 19. The number of H-pyrrole nitrogens is 1. The highest BCUT2D eigenvalue weighted by Gasteiger charge is 2.25. The van der Waals surface area contributed by atoms with Gasteiger partial charge in [0.1, 0.15) is 5.82 Å². The second-order valence-electron chi connectivity index (χ2n) is 11.9. The maximum atomic E-state index is 13.4. The van der Waals surface area contributed by atoms with Crippen molar-refractivity contribution in [1.29, 1.82) is 0 Å². The van der Waals surface area contributed by atoms with Crippen LogP contribution in [0.5, 0.6) is 0 Å². The van der Waals surface area contributed by atoms with E-state index in [0.29, 0.717) is 23.7 Å². The maximum absolute atomic E-state index is 13.4. The van der Waals surface area contributed by atoms with Gasteiger partial charge in [-0.05, 0) is 62.1 Å². The minimum absolute atomic E-state index is 0.210. The number of hydrogen-bond donors (Lipinski definition) is 1. The molecule has 3 rings (SSSR count). The predicted molar refractivity (Wildman–Crippen MR) is 186 cm³/mol. The number of ether oxygens (including phenoxy) is 1. The molecule has 7 nitrogen and oxygen atoms in total. The Morgan fingerprint density at radius 2 is 1.42 bits per heavy atom. The van der Waals surface area contributed by atoms with Gasteiger partial charge in [-0.3, -0.25) is 19.6 Å². The topological polar surface area (TPSA) is 84.4 Å². The van der Waals surface area contributed by atoms with Crippen molar-refractivity contribution >= 4 is 46.6 Å². The van der Waals surface area contributed by atoms with Crippen LogP contribution in [0.3, 0.4) is 0 Å². The Hall–Kier alpha value is -3.03. The molecule has 9 heteroatoms. The molecule has 0 aliphatic carbocycles. The SMILES string of the molecule is CCCCCCCCCCCCCCOC(=O)c1ccc(Cl)c(N(C(=O)CCC)c2cc(=O)n(-c3c(C)cc(C)cc3Cl)[nH]2)c1. The first-order valence-electron chi connectivity index (χ1n) is 16.6.